The van der Waals surface area contributed by atoms with E-state index in [1.807, 2.05) is 30.3 Å². The monoisotopic (exact) mass is 300 g/mol. The molecule has 4 heteroatoms. The minimum atomic E-state index is -0.995. The van der Waals surface area contributed by atoms with Gasteiger partial charge in [-0.2, -0.15) is 0 Å². The van der Waals surface area contributed by atoms with Crippen LogP contribution in [0.4, 0.5) is 0 Å². The van der Waals surface area contributed by atoms with E-state index in [-0.39, 0.29) is 13.0 Å². The summed E-state index contributed by atoms with van der Waals surface area (Å²) in [6.07, 6.45) is 4.07. The fraction of sp³-hybridized carbons (Fsp3) is 0.222. The van der Waals surface area contributed by atoms with E-state index in [4.69, 9.17) is 9.47 Å². The van der Waals surface area contributed by atoms with E-state index in [0.29, 0.717) is 0 Å². The van der Waals surface area contributed by atoms with Crippen LogP contribution in [0.15, 0.2) is 67.3 Å². The van der Waals surface area contributed by atoms with Crippen molar-refractivity contribution in [1.29, 1.82) is 0 Å². The number of hydrogen-bond donors (Lipinski definition) is 0. The molecule has 116 valence electrons. The summed E-state index contributed by atoms with van der Waals surface area (Å²) < 4.78 is 10.3. The molecular weight excluding hydrogens is 280 g/mol. The van der Waals surface area contributed by atoms with Crippen LogP contribution < -0.4 is 0 Å². The quantitative estimate of drug-likeness (QED) is 0.546. The predicted molar refractivity (Wildman–Crippen MR) is 84.9 cm³/mol. The van der Waals surface area contributed by atoms with Crippen molar-refractivity contribution in [3.8, 4) is 0 Å². The number of benzene rings is 1. The van der Waals surface area contributed by atoms with Gasteiger partial charge in [0, 0.05) is 13.3 Å². The third kappa shape index (κ3) is 6.22. The van der Waals surface area contributed by atoms with E-state index in [2.05, 4.69) is 13.2 Å². The van der Waals surface area contributed by atoms with E-state index in [1.165, 1.54) is 6.92 Å². The summed E-state index contributed by atoms with van der Waals surface area (Å²) in [5, 5.41) is 0. The molecule has 0 aliphatic rings. The highest BCUT2D eigenvalue weighted by Crippen LogP contribution is 2.13. The van der Waals surface area contributed by atoms with Gasteiger partial charge in [-0.15, -0.1) is 0 Å². The lowest BCUT2D eigenvalue weighted by atomic mass is 10.1. The van der Waals surface area contributed by atoms with Crippen LogP contribution in [0, 0.1) is 0 Å². The van der Waals surface area contributed by atoms with Crippen LogP contribution in [0.5, 0.6) is 0 Å². The van der Waals surface area contributed by atoms with E-state index in [9.17, 15) is 9.59 Å². The second kappa shape index (κ2) is 9.34. The average Bonchev–Trinajstić information content (AvgIpc) is 2.51. The minimum absolute atomic E-state index is 0.131. The van der Waals surface area contributed by atoms with Gasteiger partial charge < -0.3 is 9.47 Å². The molecule has 1 aromatic carbocycles. The third-order valence-electron chi connectivity index (χ3n) is 2.81. The molecule has 0 saturated heterocycles. The molecule has 0 bridgehead atoms. The van der Waals surface area contributed by atoms with Crippen LogP contribution in [0.25, 0.3) is 0 Å². The zero-order valence-corrected chi connectivity index (χ0v) is 12.7. The number of carbonyl (C=O) groups is 2. The first-order valence-corrected chi connectivity index (χ1v) is 6.88. The molecule has 0 fully saturated rings. The molecule has 1 atom stereocenters. The van der Waals surface area contributed by atoms with Crippen molar-refractivity contribution in [2.45, 2.75) is 26.1 Å². The fourth-order valence-electron chi connectivity index (χ4n) is 1.78. The summed E-state index contributed by atoms with van der Waals surface area (Å²) in [6.45, 7) is 8.63. The Labute approximate surface area is 130 Å². The Hall–Kier alpha value is -2.62. The molecule has 0 aromatic heterocycles. The molecule has 0 aliphatic heterocycles. The standard InChI is InChI=1S/C18H20O4/c1-4-9-15(5-2)12-17(22-14(3)19)18(20)21-13-16-10-7-6-8-11-16/h4-11,17H,1-2,12-13H2,3H3/b15-9+. The lowest BCUT2D eigenvalue weighted by Gasteiger charge is -2.16. The van der Waals surface area contributed by atoms with Crippen molar-refractivity contribution in [2.75, 3.05) is 0 Å². The van der Waals surface area contributed by atoms with Gasteiger partial charge in [0.2, 0.25) is 6.10 Å². The van der Waals surface area contributed by atoms with E-state index < -0.39 is 18.0 Å². The van der Waals surface area contributed by atoms with Crippen molar-refractivity contribution in [3.05, 3.63) is 72.9 Å². The van der Waals surface area contributed by atoms with Gasteiger partial charge in [-0.3, -0.25) is 4.79 Å². The summed E-state index contributed by atoms with van der Waals surface area (Å²) in [7, 11) is 0. The Balaban J connectivity index is 2.71. The second-order valence-corrected chi connectivity index (χ2v) is 4.58. The number of rotatable bonds is 8. The first-order chi connectivity index (χ1) is 10.6. The van der Waals surface area contributed by atoms with Crippen LogP contribution in [0.3, 0.4) is 0 Å². The Bertz CT molecular complexity index is 558. The number of ether oxygens (including phenoxy) is 2. The SMILES string of the molecule is C=C/C=C(\C=C)CC(OC(C)=O)C(=O)OCc1ccccc1. The molecule has 4 nitrogen and oxygen atoms in total. The Morgan fingerprint density at radius 1 is 1.23 bits per heavy atom. The molecule has 22 heavy (non-hydrogen) atoms. The lowest BCUT2D eigenvalue weighted by Crippen LogP contribution is -2.28. The van der Waals surface area contributed by atoms with Crippen LogP contribution >= 0.6 is 0 Å². The van der Waals surface area contributed by atoms with E-state index >= 15 is 0 Å². The number of allylic oxidation sites excluding steroid dienone is 3. The van der Waals surface area contributed by atoms with Gasteiger partial charge in [-0.05, 0) is 11.1 Å². The molecular formula is C18H20O4. The van der Waals surface area contributed by atoms with E-state index in [1.54, 1.807) is 18.2 Å². The molecule has 0 spiro atoms. The first-order valence-electron chi connectivity index (χ1n) is 6.88. The van der Waals surface area contributed by atoms with Crippen LogP contribution in [0.1, 0.15) is 18.9 Å². The Morgan fingerprint density at radius 3 is 2.45 bits per heavy atom. The highest BCUT2D eigenvalue weighted by atomic mass is 16.6. The molecule has 0 amide bonds. The molecule has 0 saturated carbocycles. The minimum Gasteiger partial charge on any atom is -0.458 e. The van der Waals surface area contributed by atoms with Gasteiger partial charge in [0.25, 0.3) is 0 Å². The molecule has 0 N–H and O–H groups in total. The van der Waals surface area contributed by atoms with Crippen molar-refractivity contribution >= 4 is 11.9 Å². The molecule has 0 radical (unpaired) electrons. The third-order valence-corrected chi connectivity index (χ3v) is 2.81. The van der Waals surface area contributed by atoms with Crippen LogP contribution in [-0.4, -0.2) is 18.0 Å². The first kappa shape index (κ1) is 17.4. The Kier molecular flexibility index (Phi) is 7.40. The molecule has 0 aliphatic carbocycles. The highest BCUT2D eigenvalue weighted by Gasteiger charge is 2.24. The average molecular weight is 300 g/mol. The fourth-order valence-corrected chi connectivity index (χ4v) is 1.78. The number of esters is 2. The second-order valence-electron chi connectivity index (χ2n) is 4.58. The predicted octanol–water partition coefficient (Wildman–Crippen LogP) is 3.35. The zero-order valence-electron chi connectivity index (χ0n) is 12.7. The summed E-state index contributed by atoms with van der Waals surface area (Å²) in [6, 6.07) is 9.29. The summed E-state index contributed by atoms with van der Waals surface area (Å²) in [4.78, 5) is 23.3. The summed E-state index contributed by atoms with van der Waals surface area (Å²) in [5.41, 5.74) is 1.60. The van der Waals surface area contributed by atoms with Crippen LogP contribution in [-0.2, 0) is 25.7 Å². The largest absolute Gasteiger partial charge is 0.458 e. The van der Waals surface area contributed by atoms with Crippen molar-refractivity contribution < 1.29 is 19.1 Å². The van der Waals surface area contributed by atoms with Gasteiger partial charge in [-0.1, -0.05) is 61.7 Å². The smallest absolute Gasteiger partial charge is 0.348 e. The molecule has 1 aromatic rings. The maximum absolute atomic E-state index is 12.1. The van der Waals surface area contributed by atoms with Crippen molar-refractivity contribution in [1.82, 2.24) is 0 Å². The number of hydrogen-bond acceptors (Lipinski definition) is 4. The molecule has 0 heterocycles. The Morgan fingerprint density at radius 2 is 1.91 bits per heavy atom. The van der Waals surface area contributed by atoms with Gasteiger partial charge in [0.05, 0.1) is 0 Å². The van der Waals surface area contributed by atoms with Gasteiger partial charge in [0.15, 0.2) is 0 Å². The normalized spacial score (nSPS) is 12.1. The van der Waals surface area contributed by atoms with Gasteiger partial charge in [-0.25, -0.2) is 4.79 Å². The summed E-state index contributed by atoms with van der Waals surface area (Å²) in [5.74, 6) is -1.13. The van der Waals surface area contributed by atoms with Crippen molar-refractivity contribution in [3.63, 3.8) is 0 Å². The zero-order chi connectivity index (χ0) is 16.4. The van der Waals surface area contributed by atoms with Gasteiger partial charge >= 0.3 is 11.9 Å². The molecule has 1 rings (SSSR count). The van der Waals surface area contributed by atoms with Crippen molar-refractivity contribution in [2.24, 2.45) is 0 Å². The maximum Gasteiger partial charge on any atom is 0.348 e. The highest BCUT2D eigenvalue weighted by molar-refractivity contribution is 5.79. The molecule has 1 unspecified atom stereocenters. The summed E-state index contributed by atoms with van der Waals surface area (Å²) >= 11 is 0. The topological polar surface area (TPSA) is 52.6 Å². The van der Waals surface area contributed by atoms with Gasteiger partial charge in [0.1, 0.15) is 6.61 Å². The maximum atomic E-state index is 12.1. The van der Waals surface area contributed by atoms with Crippen LogP contribution in [0.2, 0.25) is 0 Å². The van der Waals surface area contributed by atoms with E-state index in [0.717, 1.165) is 11.1 Å². The lowest BCUT2D eigenvalue weighted by molar-refractivity contribution is -0.167. The number of carbonyl (C=O) groups excluding carboxylic acids is 2.